The molecule has 2 atom stereocenters. The first-order valence-corrected chi connectivity index (χ1v) is 5.27. The number of carbonyl (C=O) groups is 1. The largest absolute Gasteiger partial charge is 0.396 e. The summed E-state index contributed by atoms with van der Waals surface area (Å²) in [5.74, 6) is -0.00654. The van der Waals surface area contributed by atoms with Gasteiger partial charge in [0.05, 0.1) is 0 Å². The molecule has 0 bridgehead atoms. The quantitative estimate of drug-likeness (QED) is 0.678. The molecule has 0 aromatic rings. The van der Waals surface area contributed by atoms with Crippen molar-refractivity contribution in [1.82, 2.24) is 5.32 Å². The lowest BCUT2D eigenvalue weighted by Gasteiger charge is -2.16. The number of hydrogen-bond donors (Lipinski definition) is 2. The predicted molar refractivity (Wildman–Crippen MR) is 52.9 cm³/mol. The molecule has 1 heterocycles. The second kappa shape index (κ2) is 5.98. The Labute approximate surface area is 84.6 Å². The highest BCUT2D eigenvalue weighted by Crippen LogP contribution is 2.12. The van der Waals surface area contributed by atoms with Crippen LogP contribution in [0.15, 0.2) is 0 Å². The van der Waals surface area contributed by atoms with Crippen LogP contribution in [0, 0.1) is 0 Å². The Balaban J connectivity index is 2.18. The van der Waals surface area contributed by atoms with Gasteiger partial charge in [-0.1, -0.05) is 0 Å². The molecule has 1 saturated heterocycles. The monoisotopic (exact) mass is 201 g/mol. The molecule has 0 saturated carbocycles. The van der Waals surface area contributed by atoms with E-state index in [0.717, 1.165) is 25.7 Å². The molecule has 0 aliphatic carbocycles. The Morgan fingerprint density at radius 1 is 1.71 bits per heavy atom. The van der Waals surface area contributed by atoms with E-state index in [1.54, 1.807) is 0 Å². The standard InChI is InChI=1S/C10H19NO3/c1-8(4-2-6-12)11-10(13)9-5-3-7-14-9/h8-9,12H,2-7H2,1H3,(H,11,13). The van der Waals surface area contributed by atoms with Crippen LogP contribution in [0.25, 0.3) is 0 Å². The summed E-state index contributed by atoms with van der Waals surface area (Å²) in [6.07, 6.45) is 3.11. The van der Waals surface area contributed by atoms with Gasteiger partial charge in [0.1, 0.15) is 6.10 Å². The SMILES string of the molecule is CC(CCCO)NC(=O)C1CCCO1. The molecule has 0 radical (unpaired) electrons. The van der Waals surface area contributed by atoms with E-state index in [0.29, 0.717) is 6.61 Å². The maximum atomic E-state index is 11.5. The van der Waals surface area contributed by atoms with Crippen LogP contribution < -0.4 is 5.32 Å². The molecule has 1 fully saturated rings. The van der Waals surface area contributed by atoms with Gasteiger partial charge in [0.2, 0.25) is 5.91 Å². The van der Waals surface area contributed by atoms with E-state index in [1.807, 2.05) is 6.92 Å². The molecule has 0 spiro atoms. The van der Waals surface area contributed by atoms with Crippen molar-refractivity contribution >= 4 is 5.91 Å². The van der Waals surface area contributed by atoms with Crippen molar-refractivity contribution in [3.8, 4) is 0 Å². The third-order valence-corrected chi connectivity index (χ3v) is 2.41. The van der Waals surface area contributed by atoms with Gasteiger partial charge in [-0.2, -0.15) is 0 Å². The minimum Gasteiger partial charge on any atom is -0.396 e. The van der Waals surface area contributed by atoms with Crippen molar-refractivity contribution in [3.05, 3.63) is 0 Å². The van der Waals surface area contributed by atoms with Crippen LogP contribution in [-0.4, -0.2) is 36.4 Å². The van der Waals surface area contributed by atoms with E-state index >= 15 is 0 Å². The molecule has 4 nitrogen and oxygen atoms in total. The van der Waals surface area contributed by atoms with Gasteiger partial charge in [0, 0.05) is 19.3 Å². The molecule has 1 aliphatic heterocycles. The lowest BCUT2D eigenvalue weighted by Crippen LogP contribution is -2.39. The summed E-state index contributed by atoms with van der Waals surface area (Å²) in [5.41, 5.74) is 0. The van der Waals surface area contributed by atoms with Gasteiger partial charge in [-0.15, -0.1) is 0 Å². The smallest absolute Gasteiger partial charge is 0.249 e. The van der Waals surface area contributed by atoms with Crippen LogP contribution in [0.4, 0.5) is 0 Å². The summed E-state index contributed by atoms with van der Waals surface area (Å²) >= 11 is 0. The van der Waals surface area contributed by atoms with E-state index < -0.39 is 0 Å². The number of carbonyl (C=O) groups excluding carboxylic acids is 1. The summed E-state index contributed by atoms with van der Waals surface area (Å²) < 4.78 is 5.26. The first-order valence-electron chi connectivity index (χ1n) is 5.27. The first kappa shape index (κ1) is 11.5. The van der Waals surface area contributed by atoms with Crippen molar-refractivity contribution in [2.45, 2.75) is 44.8 Å². The number of aliphatic hydroxyl groups excluding tert-OH is 1. The molecule has 1 aliphatic rings. The van der Waals surface area contributed by atoms with Crippen LogP contribution in [0.1, 0.15) is 32.6 Å². The van der Waals surface area contributed by atoms with E-state index in [4.69, 9.17) is 9.84 Å². The van der Waals surface area contributed by atoms with Gasteiger partial charge in [-0.25, -0.2) is 0 Å². The van der Waals surface area contributed by atoms with Gasteiger partial charge >= 0.3 is 0 Å². The number of ether oxygens (including phenoxy) is 1. The average molecular weight is 201 g/mol. The molecule has 4 heteroatoms. The van der Waals surface area contributed by atoms with Crippen molar-refractivity contribution in [2.75, 3.05) is 13.2 Å². The third kappa shape index (κ3) is 3.64. The molecule has 14 heavy (non-hydrogen) atoms. The zero-order valence-electron chi connectivity index (χ0n) is 8.66. The molecular weight excluding hydrogens is 182 g/mol. The van der Waals surface area contributed by atoms with Crippen LogP contribution in [-0.2, 0) is 9.53 Å². The molecule has 1 rings (SSSR count). The number of aliphatic hydroxyl groups is 1. The molecule has 0 aromatic heterocycles. The normalized spacial score (nSPS) is 23.4. The predicted octanol–water partition coefficient (Wildman–Crippen LogP) is 0.443. The number of amides is 1. The lowest BCUT2D eigenvalue weighted by molar-refractivity contribution is -0.130. The zero-order chi connectivity index (χ0) is 10.4. The fourth-order valence-corrected chi connectivity index (χ4v) is 1.59. The minimum atomic E-state index is -0.244. The summed E-state index contributed by atoms with van der Waals surface area (Å²) in [7, 11) is 0. The summed E-state index contributed by atoms with van der Waals surface area (Å²) in [6.45, 7) is 2.83. The second-order valence-corrected chi connectivity index (χ2v) is 3.78. The second-order valence-electron chi connectivity index (χ2n) is 3.78. The van der Waals surface area contributed by atoms with Crippen molar-refractivity contribution < 1.29 is 14.6 Å². The van der Waals surface area contributed by atoms with Crippen LogP contribution in [0.5, 0.6) is 0 Å². The number of hydrogen-bond acceptors (Lipinski definition) is 3. The van der Waals surface area contributed by atoms with Crippen LogP contribution in [0.2, 0.25) is 0 Å². The van der Waals surface area contributed by atoms with Gasteiger partial charge in [0.15, 0.2) is 0 Å². The lowest BCUT2D eigenvalue weighted by atomic mass is 10.1. The van der Waals surface area contributed by atoms with Gasteiger partial charge < -0.3 is 15.2 Å². The Morgan fingerprint density at radius 2 is 2.50 bits per heavy atom. The fraction of sp³-hybridized carbons (Fsp3) is 0.900. The molecule has 2 unspecified atom stereocenters. The van der Waals surface area contributed by atoms with E-state index in [-0.39, 0.29) is 24.7 Å². The zero-order valence-corrected chi connectivity index (χ0v) is 8.66. The highest BCUT2D eigenvalue weighted by atomic mass is 16.5. The summed E-state index contributed by atoms with van der Waals surface area (Å²) in [6, 6.07) is 0.124. The molecular formula is C10H19NO3. The van der Waals surface area contributed by atoms with Gasteiger partial charge in [-0.3, -0.25) is 4.79 Å². The molecule has 2 N–H and O–H groups in total. The van der Waals surface area contributed by atoms with Crippen molar-refractivity contribution in [3.63, 3.8) is 0 Å². The number of nitrogens with one attached hydrogen (secondary N) is 1. The molecule has 0 aromatic carbocycles. The molecule has 82 valence electrons. The van der Waals surface area contributed by atoms with Crippen LogP contribution in [0.3, 0.4) is 0 Å². The Morgan fingerprint density at radius 3 is 3.07 bits per heavy atom. The van der Waals surface area contributed by atoms with E-state index in [1.165, 1.54) is 0 Å². The summed E-state index contributed by atoms with van der Waals surface area (Å²) in [4.78, 5) is 11.5. The third-order valence-electron chi connectivity index (χ3n) is 2.41. The van der Waals surface area contributed by atoms with E-state index in [2.05, 4.69) is 5.32 Å². The maximum absolute atomic E-state index is 11.5. The Bertz CT molecular complexity index is 178. The van der Waals surface area contributed by atoms with E-state index in [9.17, 15) is 4.79 Å². The Hall–Kier alpha value is -0.610. The van der Waals surface area contributed by atoms with Crippen molar-refractivity contribution in [1.29, 1.82) is 0 Å². The van der Waals surface area contributed by atoms with Gasteiger partial charge in [0.25, 0.3) is 0 Å². The fourth-order valence-electron chi connectivity index (χ4n) is 1.59. The topological polar surface area (TPSA) is 58.6 Å². The maximum Gasteiger partial charge on any atom is 0.249 e. The average Bonchev–Trinajstić information content (AvgIpc) is 2.67. The molecule has 1 amide bonds. The minimum absolute atomic E-state index is 0.00654. The first-order chi connectivity index (χ1) is 6.74. The Kier molecular flexibility index (Phi) is 4.90. The van der Waals surface area contributed by atoms with Gasteiger partial charge in [-0.05, 0) is 32.6 Å². The van der Waals surface area contributed by atoms with Crippen molar-refractivity contribution in [2.24, 2.45) is 0 Å². The van der Waals surface area contributed by atoms with Crippen LogP contribution >= 0.6 is 0 Å². The highest BCUT2D eigenvalue weighted by molar-refractivity contribution is 5.81. The highest BCUT2D eigenvalue weighted by Gasteiger charge is 2.24. The number of rotatable bonds is 5. The summed E-state index contributed by atoms with van der Waals surface area (Å²) in [5, 5.41) is 11.5.